The number of nitrogens with one attached hydrogen (secondary N) is 1. The van der Waals surface area contributed by atoms with Gasteiger partial charge in [0.15, 0.2) is 5.58 Å². The number of morpholine rings is 1. The number of hydrogen-bond acceptors (Lipinski definition) is 5. The van der Waals surface area contributed by atoms with Crippen LogP contribution in [0.1, 0.15) is 34.5 Å². The van der Waals surface area contributed by atoms with Crippen LogP contribution in [0.4, 0.5) is 5.69 Å². The van der Waals surface area contributed by atoms with Crippen molar-refractivity contribution < 1.29 is 13.9 Å². The molecule has 0 aliphatic carbocycles. The van der Waals surface area contributed by atoms with Gasteiger partial charge < -0.3 is 19.0 Å². The Bertz CT molecular complexity index is 1110. The Morgan fingerprint density at radius 2 is 1.93 bits per heavy atom. The van der Waals surface area contributed by atoms with Crippen molar-refractivity contribution in [3.05, 3.63) is 63.6 Å². The lowest BCUT2D eigenvalue weighted by molar-refractivity contribution is 0.0723. The summed E-state index contributed by atoms with van der Waals surface area (Å²) >= 11 is 0. The average Bonchev–Trinajstić information content (AvgIpc) is 3.20. The Balaban J connectivity index is 1.42. The van der Waals surface area contributed by atoms with Gasteiger partial charge in [0, 0.05) is 30.9 Å². The van der Waals surface area contributed by atoms with Crippen LogP contribution in [0.5, 0.6) is 0 Å². The summed E-state index contributed by atoms with van der Waals surface area (Å²) in [5.74, 6) is -0.438. The smallest absolute Gasteiger partial charge is 0.408 e. The molecule has 0 saturated carbocycles. The van der Waals surface area contributed by atoms with Gasteiger partial charge >= 0.3 is 5.76 Å². The van der Waals surface area contributed by atoms with E-state index in [0.29, 0.717) is 17.6 Å². The van der Waals surface area contributed by atoms with Gasteiger partial charge in [-0.1, -0.05) is 6.07 Å². The molecule has 0 spiro atoms. The zero-order valence-electron chi connectivity index (χ0n) is 15.6. The highest BCUT2D eigenvalue weighted by Gasteiger charge is 2.34. The third-order valence-corrected chi connectivity index (χ3v) is 5.66. The van der Waals surface area contributed by atoms with Gasteiger partial charge in [-0.3, -0.25) is 9.78 Å². The summed E-state index contributed by atoms with van der Waals surface area (Å²) < 4.78 is 10.6. The lowest BCUT2D eigenvalue weighted by atomic mass is 10.0. The predicted molar refractivity (Wildman–Crippen MR) is 105 cm³/mol. The quantitative estimate of drug-likeness (QED) is 0.757. The molecule has 0 radical (unpaired) electrons. The van der Waals surface area contributed by atoms with Crippen LogP contribution in [-0.2, 0) is 11.3 Å². The topological polar surface area (TPSA) is 78.8 Å². The summed E-state index contributed by atoms with van der Waals surface area (Å²) in [4.78, 5) is 31.1. The number of carbonyl (C=O) groups excluding carboxylic acids is 1. The van der Waals surface area contributed by atoms with Gasteiger partial charge in [0.2, 0.25) is 0 Å². The van der Waals surface area contributed by atoms with Crippen LogP contribution in [0, 0.1) is 0 Å². The van der Waals surface area contributed by atoms with E-state index in [4.69, 9.17) is 9.15 Å². The van der Waals surface area contributed by atoms with Crippen molar-refractivity contribution in [1.29, 1.82) is 0 Å². The normalized spacial score (nSPS) is 19.5. The van der Waals surface area contributed by atoms with Gasteiger partial charge in [-0.05, 0) is 48.4 Å². The number of aromatic nitrogens is 1. The highest BCUT2D eigenvalue weighted by Crippen LogP contribution is 2.37. The second-order valence-electron chi connectivity index (χ2n) is 7.33. The second kappa shape index (κ2) is 6.53. The summed E-state index contributed by atoms with van der Waals surface area (Å²) in [6.45, 7) is 5.72. The third-order valence-electron chi connectivity index (χ3n) is 5.66. The first-order valence-corrected chi connectivity index (χ1v) is 9.49. The van der Waals surface area contributed by atoms with Crippen molar-refractivity contribution in [3.63, 3.8) is 0 Å². The lowest BCUT2D eigenvalue weighted by Crippen LogP contribution is -2.36. The van der Waals surface area contributed by atoms with E-state index in [1.165, 1.54) is 0 Å². The number of amides is 1. The number of aromatic amines is 1. The van der Waals surface area contributed by atoms with Crippen LogP contribution >= 0.6 is 0 Å². The maximum Gasteiger partial charge on any atom is 0.417 e. The molecule has 5 rings (SSSR count). The van der Waals surface area contributed by atoms with Crippen LogP contribution < -0.4 is 10.7 Å². The highest BCUT2D eigenvalue weighted by atomic mass is 16.5. The summed E-state index contributed by atoms with van der Waals surface area (Å²) in [7, 11) is 0. The van der Waals surface area contributed by atoms with Gasteiger partial charge in [0.1, 0.15) is 0 Å². The first-order chi connectivity index (χ1) is 13.6. The standard InChI is InChI=1S/C21H21N3O4/c1-13-17-11-15(23-6-8-27-9-7-23)3-4-16(17)20(25)24(13)12-14-2-5-18-19(10-14)28-21(26)22-18/h2-5,10-11,13H,6-9,12H2,1H3,(H,22,26). The number of anilines is 1. The lowest BCUT2D eigenvalue weighted by Gasteiger charge is -2.29. The van der Waals surface area contributed by atoms with Gasteiger partial charge in [-0.2, -0.15) is 0 Å². The molecular formula is C21H21N3O4. The highest BCUT2D eigenvalue weighted by molar-refractivity contribution is 5.99. The number of fused-ring (bicyclic) bond motifs is 2. The van der Waals surface area contributed by atoms with Crippen molar-refractivity contribution in [2.75, 3.05) is 31.2 Å². The van der Waals surface area contributed by atoms with Crippen LogP contribution in [0.3, 0.4) is 0 Å². The number of benzene rings is 2. The van der Waals surface area contributed by atoms with Crippen LogP contribution in [-0.4, -0.2) is 42.1 Å². The maximum atomic E-state index is 13.0. The predicted octanol–water partition coefficient (Wildman–Crippen LogP) is 2.67. The van der Waals surface area contributed by atoms with E-state index in [2.05, 4.69) is 22.9 Å². The zero-order chi connectivity index (χ0) is 19.3. The molecule has 144 valence electrons. The van der Waals surface area contributed by atoms with Crippen molar-refractivity contribution >= 4 is 22.7 Å². The van der Waals surface area contributed by atoms with E-state index in [9.17, 15) is 9.59 Å². The molecule has 1 N–H and O–H groups in total. The van der Waals surface area contributed by atoms with Gasteiger partial charge in [-0.25, -0.2) is 4.79 Å². The first-order valence-electron chi connectivity index (χ1n) is 9.49. The van der Waals surface area contributed by atoms with Crippen LogP contribution in [0.15, 0.2) is 45.6 Å². The molecule has 1 atom stereocenters. The minimum atomic E-state index is -0.471. The molecule has 3 aromatic rings. The van der Waals surface area contributed by atoms with Gasteiger partial charge in [0.05, 0.1) is 24.8 Å². The van der Waals surface area contributed by atoms with Crippen molar-refractivity contribution in [3.8, 4) is 0 Å². The first kappa shape index (κ1) is 17.1. The average molecular weight is 379 g/mol. The van der Waals surface area contributed by atoms with Gasteiger partial charge in [0.25, 0.3) is 5.91 Å². The molecule has 1 amide bonds. The minimum Gasteiger partial charge on any atom is -0.408 e. The molecule has 1 unspecified atom stereocenters. The van der Waals surface area contributed by atoms with E-state index >= 15 is 0 Å². The molecular weight excluding hydrogens is 358 g/mol. The number of hydrogen-bond donors (Lipinski definition) is 1. The number of H-pyrrole nitrogens is 1. The fourth-order valence-corrected chi connectivity index (χ4v) is 4.10. The number of carbonyl (C=O) groups is 1. The van der Waals surface area contributed by atoms with E-state index in [0.717, 1.165) is 48.7 Å². The largest absolute Gasteiger partial charge is 0.417 e. The Labute approximate surface area is 161 Å². The molecule has 0 bridgehead atoms. The molecule has 2 aromatic carbocycles. The SMILES string of the molecule is CC1c2cc(N3CCOCC3)ccc2C(=O)N1Cc1ccc2[nH]c(=O)oc2c1. The molecule has 1 saturated heterocycles. The third kappa shape index (κ3) is 2.79. The van der Waals surface area contributed by atoms with E-state index in [-0.39, 0.29) is 11.9 Å². The molecule has 1 fully saturated rings. The monoisotopic (exact) mass is 379 g/mol. The van der Waals surface area contributed by atoms with E-state index in [1.54, 1.807) is 0 Å². The van der Waals surface area contributed by atoms with Crippen molar-refractivity contribution in [2.45, 2.75) is 19.5 Å². The molecule has 2 aliphatic rings. The molecule has 2 aliphatic heterocycles. The maximum absolute atomic E-state index is 13.0. The Morgan fingerprint density at radius 1 is 1.11 bits per heavy atom. The fraction of sp³-hybridized carbons (Fsp3) is 0.333. The van der Waals surface area contributed by atoms with Crippen LogP contribution in [0.2, 0.25) is 0 Å². The van der Waals surface area contributed by atoms with Crippen molar-refractivity contribution in [1.82, 2.24) is 9.88 Å². The second-order valence-corrected chi connectivity index (χ2v) is 7.33. The summed E-state index contributed by atoms with van der Waals surface area (Å²) in [5.41, 5.74) is 5.06. The minimum absolute atomic E-state index is 0.0163. The van der Waals surface area contributed by atoms with Gasteiger partial charge in [-0.15, -0.1) is 0 Å². The summed E-state index contributed by atoms with van der Waals surface area (Å²) in [6, 6.07) is 11.6. The number of ether oxygens (including phenoxy) is 1. The number of oxazole rings is 1. The van der Waals surface area contributed by atoms with Crippen LogP contribution in [0.25, 0.3) is 11.1 Å². The Hall–Kier alpha value is -3.06. The Morgan fingerprint density at radius 3 is 2.75 bits per heavy atom. The number of rotatable bonds is 3. The summed E-state index contributed by atoms with van der Waals surface area (Å²) in [6.07, 6.45) is 0. The van der Waals surface area contributed by atoms with Crippen molar-refractivity contribution in [2.24, 2.45) is 0 Å². The van der Waals surface area contributed by atoms with E-state index in [1.807, 2.05) is 35.2 Å². The molecule has 3 heterocycles. The summed E-state index contributed by atoms with van der Waals surface area (Å²) in [5, 5.41) is 0. The molecule has 1 aromatic heterocycles. The molecule has 7 nitrogen and oxygen atoms in total. The fourth-order valence-electron chi connectivity index (χ4n) is 4.10. The number of nitrogens with zero attached hydrogens (tertiary/aromatic N) is 2. The Kier molecular flexibility index (Phi) is 3.98. The molecule has 7 heteroatoms. The molecule has 28 heavy (non-hydrogen) atoms. The van der Waals surface area contributed by atoms with E-state index < -0.39 is 5.76 Å². The zero-order valence-corrected chi connectivity index (χ0v) is 15.6.